The van der Waals surface area contributed by atoms with Crippen LogP contribution in [0.1, 0.15) is 25.7 Å². The van der Waals surface area contributed by atoms with Gasteiger partial charge in [-0.1, -0.05) is 12.2 Å². The molecule has 0 aromatic rings. The lowest BCUT2D eigenvalue weighted by molar-refractivity contribution is -0.126. The first-order valence-electron chi connectivity index (χ1n) is 7.61. The number of nitrogens with one attached hydrogen (secondary N) is 2. The Balaban J connectivity index is 1.31. The van der Waals surface area contributed by atoms with E-state index in [1.807, 2.05) is 0 Å². The predicted molar refractivity (Wildman–Crippen MR) is 73.7 cm³/mol. The summed E-state index contributed by atoms with van der Waals surface area (Å²) in [6.45, 7) is 3.40. The molecule has 1 saturated carbocycles. The number of piperidine rings is 1. The van der Waals surface area contributed by atoms with E-state index in [1.165, 1.54) is 6.42 Å². The maximum atomic E-state index is 12.1. The lowest BCUT2D eigenvalue weighted by atomic mass is 9.93. The Hall–Kier alpha value is -0.870. The van der Waals surface area contributed by atoms with Gasteiger partial charge in [0.15, 0.2) is 0 Å². The molecule has 2 N–H and O–H groups in total. The summed E-state index contributed by atoms with van der Waals surface area (Å²) in [5.41, 5.74) is 0. The van der Waals surface area contributed by atoms with E-state index >= 15 is 0 Å². The van der Waals surface area contributed by atoms with Crippen molar-refractivity contribution in [2.24, 2.45) is 17.8 Å². The van der Waals surface area contributed by atoms with Crippen molar-refractivity contribution in [3.05, 3.63) is 12.2 Å². The largest absolute Gasteiger partial charge is 0.376 e. The van der Waals surface area contributed by atoms with Crippen LogP contribution >= 0.6 is 0 Å². The molecule has 0 spiro atoms. The molecular weight excluding hydrogens is 240 g/mol. The van der Waals surface area contributed by atoms with Crippen molar-refractivity contribution < 1.29 is 9.53 Å². The summed E-state index contributed by atoms with van der Waals surface area (Å²) in [5.74, 6) is 1.60. The Bertz CT molecular complexity index is 350. The van der Waals surface area contributed by atoms with Crippen molar-refractivity contribution in [1.82, 2.24) is 10.6 Å². The van der Waals surface area contributed by atoms with Gasteiger partial charge in [-0.15, -0.1) is 0 Å². The summed E-state index contributed by atoms with van der Waals surface area (Å²) in [7, 11) is 0. The highest BCUT2D eigenvalue weighted by Crippen LogP contribution is 2.43. The van der Waals surface area contributed by atoms with E-state index in [0.717, 1.165) is 32.4 Å². The molecule has 0 aromatic heterocycles. The molecule has 4 heteroatoms. The normalized spacial score (nSPS) is 33.8. The first kappa shape index (κ1) is 13.1. The van der Waals surface area contributed by atoms with Gasteiger partial charge in [-0.2, -0.15) is 0 Å². The molecule has 3 rings (SSSR count). The average molecular weight is 264 g/mol. The van der Waals surface area contributed by atoms with Crippen LogP contribution in [-0.4, -0.2) is 38.3 Å². The van der Waals surface area contributed by atoms with Crippen LogP contribution in [-0.2, 0) is 9.53 Å². The zero-order chi connectivity index (χ0) is 13.1. The summed E-state index contributed by atoms with van der Waals surface area (Å²) in [6.07, 6.45) is 9.28. The summed E-state index contributed by atoms with van der Waals surface area (Å²) in [6, 6.07) is 0. The lowest BCUT2D eigenvalue weighted by Crippen LogP contribution is -2.37. The van der Waals surface area contributed by atoms with Crippen molar-refractivity contribution in [2.45, 2.75) is 31.8 Å². The van der Waals surface area contributed by atoms with E-state index in [9.17, 15) is 4.79 Å². The standard InChI is InChI=1S/C15H24N2O2/c18-15(14-10-11-1-2-12(14)9-11)17-7-8-19-13-3-5-16-6-4-13/h1-2,11-14,16H,3-10H2,(H,17,18). The Morgan fingerprint density at radius 1 is 1.26 bits per heavy atom. The van der Waals surface area contributed by atoms with Gasteiger partial charge in [0.25, 0.3) is 0 Å². The fraction of sp³-hybridized carbons (Fsp3) is 0.800. The summed E-state index contributed by atoms with van der Waals surface area (Å²) in [4.78, 5) is 12.1. The van der Waals surface area contributed by atoms with Gasteiger partial charge in [-0.3, -0.25) is 4.79 Å². The topological polar surface area (TPSA) is 50.4 Å². The molecule has 3 atom stereocenters. The summed E-state index contributed by atoms with van der Waals surface area (Å²) < 4.78 is 5.79. The third kappa shape index (κ3) is 3.18. The van der Waals surface area contributed by atoms with Crippen LogP contribution in [0.25, 0.3) is 0 Å². The molecule has 0 radical (unpaired) electrons. The van der Waals surface area contributed by atoms with Gasteiger partial charge in [0.2, 0.25) is 5.91 Å². The number of allylic oxidation sites excluding steroid dienone is 2. The molecule has 106 valence electrons. The average Bonchev–Trinajstić information content (AvgIpc) is 3.07. The van der Waals surface area contributed by atoms with Crippen LogP contribution in [0.5, 0.6) is 0 Å². The number of amides is 1. The minimum atomic E-state index is 0.217. The van der Waals surface area contributed by atoms with Crippen molar-refractivity contribution in [2.75, 3.05) is 26.2 Å². The maximum Gasteiger partial charge on any atom is 0.223 e. The highest BCUT2D eigenvalue weighted by Gasteiger charge is 2.39. The zero-order valence-corrected chi connectivity index (χ0v) is 11.4. The number of carbonyl (C=O) groups is 1. The number of hydrogen-bond acceptors (Lipinski definition) is 3. The van der Waals surface area contributed by atoms with Crippen molar-refractivity contribution in [1.29, 1.82) is 0 Å². The van der Waals surface area contributed by atoms with E-state index < -0.39 is 0 Å². The van der Waals surface area contributed by atoms with Gasteiger partial charge in [-0.25, -0.2) is 0 Å². The van der Waals surface area contributed by atoms with Gasteiger partial charge in [0.1, 0.15) is 0 Å². The van der Waals surface area contributed by atoms with Crippen molar-refractivity contribution in [3.63, 3.8) is 0 Å². The Morgan fingerprint density at radius 2 is 2.11 bits per heavy atom. The van der Waals surface area contributed by atoms with Crippen molar-refractivity contribution >= 4 is 5.91 Å². The fourth-order valence-corrected chi connectivity index (χ4v) is 3.58. The van der Waals surface area contributed by atoms with E-state index in [-0.39, 0.29) is 11.8 Å². The van der Waals surface area contributed by atoms with E-state index in [0.29, 0.717) is 31.1 Å². The van der Waals surface area contributed by atoms with Crippen LogP contribution in [0.2, 0.25) is 0 Å². The van der Waals surface area contributed by atoms with Crippen LogP contribution < -0.4 is 10.6 Å². The molecule has 2 fully saturated rings. The van der Waals surface area contributed by atoms with Crippen molar-refractivity contribution in [3.8, 4) is 0 Å². The summed E-state index contributed by atoms with van der Waals surface area (Å²) >= 11 is 0. The van der Waals surface area contributed by atoms with E-state index in [2.05, 4.69) is 22.8 Å². The van der Waals surface area contributed by atoms with Crippen LogP contribution in [0, 0.1) is 17.8 Å². The first-order valence-corrected chi connectivity index (χ1v) is 7.61. The van der Waals surface area contributed by atoms with E-state index in [4.69, 9.17) is 4.74 Å². The summed E-state index contributed by atoms with van der Waals surface area (Å²) in [5, 5.41) is 6.36. The minimum Gasteiger partial charge on any atom is -0.376 e. The molecule has 3 aliphatic rings. The third-order valence-electron chi connectivity index (χ3n) is 4.66. The highest BCUT2D eigenvalue weighted by molar-refractivity contribution is 5.79. The maximum absolute atomic E-state index is 12.1. The molecule has 1 heterocycles. The number of hydrogen-bond donors (Lipinski definition) is 2. The van der Waals surface area contributed by atoms with Gasteiger partial charge in [-0.05, 0) is 50.6 Å². The minimum absolute atomic E-state index is 0.217. The van der Waals surface area contributed by atoms with Gasteiger partial charge in [0.05, 0.1) is 12.7 Å². The molecule has 1 amide bonds. The van der Waals surface area contributed by atoms with Crippen LogP contribution in [0.15, 0.2) is 12.2 Å². The molecule has 1 saturated heterocycles. The second-order valence-corrected chi connectivity index (χ2v) is 6.00. The highest BCUT2D eigenvalue weighted by atomic mass is 16.5. The number of carbonyl (C=O) groups excluding carboxylic acids is 1. The Labute approximate surface area is 115 Å². The fourth-order valence-electron chi connectivity index (χ4n) is 3.58. The van der Waals surface area contributed by atoms with Gasteiger partial charge >= 0.3 is 0 Å². The molecule has 2 bridgehead atoms. The SMILES string of the molecule is O=C(NCCOC1CCNCC1)C1CC2C=CC1C2. The predicted octanol–water partition coefficient (Wildman–Crippen LogP) is 1.08. The molecule has 1 aliphatic heterocycles. The number of fused-ring (bicyclic) bond motifs is 2. The lowest BCUT2D eigenvalue weighted by Gasteiger charge is -2.23. The zero-order valence-electron chi connectivity index (χ0n) is 11.4. The van der Waals surface area contributed by atoms with E-state index in [1.54, 1.807) is 0 Å². The molecule has 19 heavy (non-hydrogen) atoms. The monoisotopic (exact) mass is 264 g/mol. The smallest absolute Gasteiger partial charge is 0.223 e. The molecular formula is C15H24N2O2. The number of ether oxygens (including phenoxy) is 1. The number of rotatable bonds is 5. The third-order valence-corrected chi connectivity index (χ3v) is 4.66. The first-order chi connectivity index (χ1) is 9.33. The quantitative estimate of drug-likeness (QED) is 0.577. The second-order valence-electron chi connectivity index (χ2n) is 6.00. The second kappa shape index (κ2) is 6.06. The Kier molecular flexibility index (Phi) is 4.18. The molecule has 2 aliphatic carbocycles. The van der Waals surface area contributed by atoms with Gasteiger partial charge < -0.3 is 15.4 Å². The van der Waals surface area contributed by atoms with Gasteiger partial charge in [0, 0.05) is 12.5 Å². The Morgan fingerprint density at radius 3 is 2.79 bits per heavy atom. The molecule has 4 nitrogen and oxygen atoms in total. The molecule has 0 aromatic carbocycles. The molecule has 3 unspecified atom stereocenters. The van der Waals surface area contributed by atoms with Crippen LogP contribution in [0.4, 0.5) is 0 Å². The van der Waals surface area contributed by atoms with Crippen LogP contribution in [0.3, 0.4) is 0 Å².